The molecule has 2 N–H and O–H groups in total. The molecule has 0 saturated carbocycles. The number of amides is 2. The van der Waals surface area contributed by atoms with Crippen molar-refractivity contribution >= 4 is 21.7 Å². The number of hydrogen-bond acceptors (Lipinski definition) is 6. The number of benzene rings is 1. The zero-order chi connectivity index (χ0) is 20.9. The van der Waals surface area contributed by atoms with Crippen LogP contribution in [0.4, 0.5) is 0 Å². The van der Waals surface area contributed by atoms with E-state index in [4.69, 9.17) is 8.83 Å². The van der Waals surface area contributed by atoms with Crippen molar-refractivity contribution in [2.24, 2.45) is 0 Å². The molecule has 0 bridgehead atoms. The van der Waals surface area contributed by atoms with Gasteiger partial charge in [0.05, 0.1) is 24.0 Å². The Morgan fingerprint density at radius 1 is 0.931 bits per heavy atom. The highest BCUT2D eigenvalue weighted by molar-refractivity contribution is 7.91. The number of sulfone groups is 1. The predicted octanol–water partition coefficient (Wildman–Crippen LogP) is 2.13. The highest BCUT2D eigenvalue weighted by Crippen LogP contribution is 2.29. The standard InChI is InChI=1S/C20H20N2O6S/c1-14-6-8-16(9-7-14)29(25,26)18(17-5-3-11-28-17)13-22-20(24)19(23)21-12-15-4-2-10-27-15/h2-11,18H,12-13H2,1H3,(H,21,23)(H,22,24)/t18-/m1/s1. The normalized spacial score (nSPS) is 12.3. The van der Waals surface area contributed by atoms with E-state index in [-0.39, 0.29) is 23.7 Å². The molecule has 0 radical (unpaired) electrons. The molecule has 3 rings (SSSR count). The summed E-state index contributed by atoms with van der Waals surface area (Å²) in [6.45, 7) is 1.57. The number of carbonyl (C=O) groups excluding carboxylic acids is 2. The van der Waals surface area contributed by atoms with Crippen LogP contribution in [0.1, 0.15) is 22.3 Å². The van der Waals surface area contributed by atoms with Crippen LogP contribution in [0.15, 0.2) is 74.8 Å². The van der Waals surface area contributed by atoms with Crippen molar-refractivity contribution in [2.45, 2.75) is 23.6 Å². The molecular formula is C20H20N2O6S. The molecule has 1 aromatic carbocycles. The van der Waals surface area contributed by atoms with E-state index >= 15 is 0 Å². The van der Waals surface area contributed by atoms with Gasteiger partial charge in [-0.05, 0) is 43.3 Å². The van der Waals surface area contributed by atoms with Crippen LogP contribution in [0.5, 0.6) is 0 Å². The first-order valence-corrected chi connectivity index (χ1v) is 10.3. The highest BCUT2D eigenvalue weighted by atomic mass is 32.2. The number of aryl methyl sites for hydroxylation is 1. The SMILES string of the molecule is Cc1ccc(S(=O)(=O)[C@H](CNC(=O)C(=O)NCc2ccco2)c2ccco2)cc1. The summed E-state index contributed by atoms with van der Waals surface area (Å²) in [4.78, 5) is 24.2. The molecule has 29 heavy (non-hydrogen) atoms. The molecular weight excluding hydrogens is 396 g/mol. The van der Waals surface area contributed by atoms with E-state index in [1.165, 1.54) is 30.7 Å². The average Bonchev–Trinajstić information content (AvgIpc) is 3.40. The lowest BCUT2D eigenvalue weighted by molar-refractivity contribution is -0.139. The van der Waals surface area contributed by atoms with Gasteiger partial charge >= 0.3 is 11.8 Å². The third-order valence-corrected chi connectivity index (χ3v) is 6.32. The van der Waals surface area contributed by atoms with E-state index < -0.39 is 26.9 Å². The fourth-order valence-electron chi connectivity index (χ4n) is 2.66. The Bertz CT molecular complexity index is 1050. The first kappa shape index (κ1) is 20.4. The molecule has 0 aliphatic rings. The number of carbonyl (C=O) groups is 2. The van der Waals surface area contributed by atoms with Crippen LogP contribution in [-0.4, -0.2) is 26.8 Å². The summed E-state index contributed by atoms with van der Waals surface area (Å²) >= 11 is 0. The number of nitrogens with one attached hydrogen (secondary N) is 2. The van der Waals surface area contributed by atoms with E-state index in [9.17, 15) is 18.0 Å². The first-order chi connectivity index (χ1) is 13.9. The molecule has 152 valence electrons. The van der Waals surface area contributed by atoms with Crippen LogP contribution < -0.4 is 10.6 Å². The zero-order valence-corrected chi connectivity index (χ0v) is 16.4. The van der Waals surface area contributed by atoms with Crippen LogP contribution in [0.25, 0.3) is 0 Å². The van der Waals surface area contributed by atoms with Crippen molar-refractivity contribution in [1.29, 1.82) is 0 Å². The van der Waals surface area contributed by atoms with Crippen LogP contribution in [-0.2, 0) is 26.0 Å². The molecule has 3 aromatic rings. The Hall–Kier alpha value is -3.33. The molecule has 2 aromatic heterocycles. The summed E-state index contributed by atoms with van der Waals surface area (Å²) < 4.78 is 36.5. The minimum absolute atomic E-state index is 0.0442. The Kier molecular flexibility index (Phi) is 6.18. The lowest BCUT2D eigenvalue weighted by Gasteiger charge is -2.16. The van der Waals surface area contributed by atoms with E-state index in [0.717, 1.165) is 5.56 Å². The maximum absolute atomic E-state index is 13.1. The largest absolute Gasteiger partial charge is 0.468 e. The molecule has 0 fully saturated rings. The minimum Gasteiger partial charge on any atom is -0.468 e. The van der Waals surface area contributed by atoms with E-state index in [1.54, 1.807) is 30.3 Å². The molecule has 2 heterocycles. The fourth-order valence-corrected chi connectivity index (χ4v) is 4.24. The minimum atomic E-state index is -3.87. The topological polar surface area (TPSA) is 119 Å². The monoisotopic (exact) mass is 416 g/mol. The van der Waals surface area contributed by atoms with E-state index in [1.807, 2.05) is 6.92 Å². The predicted molar refractivity (Wildman–Crippen MR) is 103 cm³/mol. The molecule has 2 amide bonds. The zero-order valence-electron chi connectivity index (χ0n) is 15.6. The van der Waals surface area contributed by atoms with Crippen molar-refractivity contribution in [2.75, 3.05) is 6.54 Å². The molecule has 1 atom stereocenters. The smallest absolute Gasteiger partial charge is 0.309 e. The third-order valence-electron chi connectivity index (χ3n) is 4.24. The summed E-state index contributed by atoms with van der Waals surface area (Å²) in [6.07, 6.45) is 2.80. The third kappa shape index (κ3) is 4.94. The molecule has 9 heteroatoms. The van der Waals surface area contributed by atoms with Gasteiger partial charge in [0.2, 0.25) is 0 Å². The average molecular weight is 416 g/mol. The second-order valence-electron chi connectivity index (χ2n) is 6.33. The summed E-state index contributed by atoms with van der Waals surface area (Å²) in [5.74, 6) is -1.19. The van der Waals surface area contributed by atoms with Crippen molar-refractivity contribution < 1.29 is 26.8 Å². The Labute approximate surface area is 167 Å². The second kappa shape index (κ2) is 8.78. The van der Waals surface area contributed by atoms with Crippen LogP contribution in [0.2, 0.25) is 0 Å². The highest BCUT2D eigenvalue weighted by Gasteiger charge is 2.32. The van der Waals surface area contributed by atoms with E-state index in [0.29, 0.717) is 5.76 Å². The molecule has 0 spiro atoms. The summed E-state index contributed by atoms with van der Waals surface area (Å²) in [6, 6.07) is 12.8. The van der Waals surface area contributed by atoms with E-state index in [2.05, 4.69) is 10.6 Å². The van der Waals surface area contributed by atoms with Crippen LogP contribution in [0, 0.1) is 6.92 Å². The van der Waals surface area contributed by atoms with Crippen LogP contribution in [0.3, 0.4) is 0 Å². The Morgan fingerprint density at radius 3 is 2.21 bits per heavy atom. The second-order valence-corrected chi connectivity index (χ2v) is 8.46. The van der Waals surface area contributed by atoms with Gasteiger partial charge in [-0.15, -0.1) is 0 Å². The van der Waals surface area contributed by atoms with Gasteiger partial charge in [0.1, 0.15) is 16.8 Å². The van der Waals surface area contributed by atoms with Gasteiger partial charge in [-0.25, -0.2) is 8.42 Å². The lowest BCUT2D eigenvalue weighted by Crippen LogP contribution is -2.42. The number of hydrogen-bond donors (Lipinski definition) is 2. The van der Waals surface area contributed by atoms with Gasteiger partial charge in [0.25, 0.3) is 0 Å². The fraction of sp³-hybridized carbons (Fsp3) is 0.200. The van der Waals surface area contributed by atoms with Gasteiger partial charge in [0, 0.05) is 6.54 Å². The van der Waals surface area contributed by atoms with Crippen molar-refractivity contribution in [3.05, 3.63) is 78.1 Å². The molecule has 8 nitrogen and oxygen atoms in total. The molecule has 0 aliphatic heterocycles. The van der Waals surface area contributed by atoms with Crippen molar-refractivity contribution in [1.82, 2.24) is 10.6 Å². The van der Waals surface area contributed by atoms with Gasteiger partial charge < -0.3 is 19.5 Å². The maximum atomic E-state index is 13.1. The first-order valence-electron chi connectivity index (χ1n) is 8.80. The van der Waals surface area contributed by atoms with Crippen molar-refractivity contribution in [3.8, 4) is 0 Å². The number of rotatable bonds is 7. The molecule has 0 aliphatic carbocycles. The molecule has 0 unspecified atom stereocenters. The Morgan fingerprint density at radius 2 is 1.59 bits per heavy atom. The summed E-state index contributed by atoms with van der Waals surface area (Å²) in [5.41, 5.74) is 0.917. The van der Waals surface area contributed by atoms with Gasteiger partial charge in [-0.3, -0.25) is 9.59 Å². The Balaban J connectivity index is 1.70. The van der Waals surface area contributed by atoms with Gasteiger partial charge in [0.15, 0.2) is 9.84 Å². The van der Waals surface area contributed by atoms with Gasteiger partial charge in [-0.2, -0.15) is 0 Å². The maximum Gasteiger partial charge on any atom is 0.309 e. The number of furan rings is 2. The summed E-state index contributed by atoms with van der Waals surface area (Å²) in [5, 5.41) is 3.59. The van der Waals surface area contributed by atoms with Gasteiger partial charge in [-0.1, -0.05) is 17.7 Å². The molecule has 0 saturated heterocycles. The van der Waals surface area contributed by atoms with Crippen molar-refractivity contribution in [3.63, 3.8) is 0 Å². The lowest BCUT2D eigenvalue weighted by atomic mass is 10.2. The van der Waals surface area contributed by atoms with Crippen LogP contribution >= 0.6 is 0 Å². The quantitative estimate of drug-likeness (QED) is 0.570. The summed E-state index contributed by atoms with van der Waals surface area (Å²) in [7, 11) is -3.87.